The van der Waals surface area contributed by atoms with Gasteiger partial charge in [0.05, 0.1) is 33.4 Å². The highest BCUT2D eigenvalue weighted by atomic mass is 32.1. The molecule has 0 bridgehead atoms. The molecule has 2 saturated heterocycles. The first-order valence-electron chi connectivity index (χ1n) is 26.1. The van der Waals surface area contributed by atoms with E-state index >= 15 is 0 Å². The molecule has 3 fully saturated rings. The Bertz CT molecular complexity index is 3210. The number of rotatable bonds is 14. The molecule has 1 unspecified atom stereocenters. The first kappa shape index (κ1) is 48.3. The van der Waals surface area contributed by atoms with Crippen LogP contribution in [0.1, 0.15) is 131 Å². The first-order valence-corrected chi connectivity index (χ1v) is 26.9. The molecule has 3 N–H and O–H groups in total. The summed E-state index contributed by atoms with van der Waals surface area (Å²) < 4.78 is 9.64. The van der Waals surface area contributed by atoms with Gasteiger partial charge < -0.3 is 19.6 Å². The summed E-state index contributed by atoms with van der Waals surface area (Å²) in [5, 5.41) is 22.5. The summed E-state index contributed by atoms with van der Waals surface area (Å²) in [6.07, 6.45) is 11.8. The minimum absolute atomic E-state index is 0.0162. The number of carbonyl (C=O) groups excluding carboxylic acids is 3. The average molecular weight is 999 g/mol. The second-order valence-corrected chi connectivity index (χ2v) is 21.5. The lowest BCUT2D eigenvalue weighted by Gasteiger charge is -2.33. The zero-order valence-electron chi connectivity index (χ0n) is 41.6. The van der Waals surface area contributed by atoms with Gasteiger partial charge in [0.15, 0.2) is 10.8 Å². The van der Waals surface area contributed by atoms with E-state index in [0.29, 0.717) is 66.3 Å². The molecule has 7 aromatic rings. The lowest BCUT2D eigenvalue weighted by molar-refractivity contribution is -0.134. The molecule has 1 aliphatic carbocycles. The van der Waals surface area contributed by atoms with Crippen molar-refractivity contribution in [1.29, 1.82) is 0 Å². The minimum atomic E-state index is -1.10. The molecule has 14 nitrogen and oxygen atoms in total. The monoisotopic (exact) mass is 998 g/mol. The largest absolute Gasteiger partial charge is 0.490 e. The van der Waals surface area contributed by atoms with Crippen LogP contribution in [0.15, 0.2) is 91.0 Å². The highest BCUT2D eigenvalue weighted by Gasteiger charge is 2.33. The SMILES string of the molecule is Cc1c(OC2CCC(CCCCN3CCC(c4cccc5c(C6CCC(=O)NC6=O)nn(C)c45)CC3)CC2)cccc1-c1ccc(N2CCc3cccc(C(=O)Nc4nc5ccccc5s4)c3C2)nc1C(=O)O. The normalized spacial score (nSPS) is 19.8. The number of imide groups is 1. The predicted octanol–water partition coefficient (Wildman–Crippen LogP) is 10.6. The number of benzene rings is 4. The number of carboxylic acid groups (broad SMARTS) is 1. The van der Waals surface area contributed by atoms with Crippen molar-refractivity contribution in [2.24, 2.45) is 13.0 Å². The number of unbranched alkanes of at least 4 members (excludes halogenated alkanes) is 1. The number of piperidine rings is 2. The Morgan fingerprint density at radius 2 is 1.64 bits per heavy atom. The lowest BCUT2D eigenvalue weighted by Crippen LogP contribution is -2.39. The van der Waals surface area contributed by atoms with E-state index in [1.807, 2.05) is 85.4 Å². The van der Waals surface area contributed by atoms with Gasteiger partial charge in [-0.1, -0.05) is 78.8 Å². The number of nitrogens with zero attached hydrogens (tertiary/aromatic N) is 6. The molecule has 4 aromatic carbocycles. The number of nitrogens with one attached hydrogen (secondary N) is 2. The average Bonchev–Trinajstić information content (AvgIpc) is 3.98. The maximum Gasteiger partial charge on any atom is 0.355 e. The van der Waals surface area contributed by atoms with E-state index in [4.69, 9.17) is 14.8 Å². The van der Waals surface area contributed by atoms with Crippen molar-refractivity contribution >= 4 is 67.1 Å². The van der Waals surface area contributed by atoms with Gasteiger partial charge in [-0.05, 0) is 160 Å². The third-order valence-corrected chi connectivity index (χ3v) is 16.9. The molecule has 4 aliphatic rings. The number of hydrogen-bond donors (Lipinski definition) is 3. The lowest BCUT2D eigenvalue weighted by atomic mass is 9.84. The third kappa shape index (κ3) is 10.1. The van der Waals surface area contributed by atoms with Crippen molar-refractivity contribution in [2.45, 2.75) is 108 Å². The fourth-order valence-electron chi connectivity index (χ4n) is 12.0. The number of hydrogen-bond acceptors (Lipinski definition) is 11. The van der Waals surface area contributed by atoms with Crippen LogP contribution in [0.25, 0.3) is 32.2 Å². The van der Waals surface area contributed by atoms with Gasteiger partial charge in [0.2, 0.25) is 11.8 Å². The van der Waals surface area contributed by atoms with Gasteiger partial charge in [0.25, 0.3) is 5.91 Å². The highest BCUT2D eigenvalue weighted by Crippen LogP contribution is 2.40. The van der Waals surface area contributed by atoms with Crippen LogP contribution in [-0.4, -0.2) is 85.7 Å². The molecular formula is C58H62N8O6S. The number of carbonyl (C=O) groups is 4. The number of thiazole rings is 1. The molecule has 376 valence electrons. The van der Waals surface area contributed by atoms with Gasteiger partial charge in [0.1, 0.15) is 11.6 Å². The van der Waals surface area contributed by atoms with Gasteiger partial charge in [-0.3, -0.25) is 29.7 Å². The van der Waals surface area contributed by atoms with Gasteiger partial charge in [0, 0.05) is 43.1 Å². The Hall–Kier alpha value is -6.97. The fourth-order valence-corrected chi connectivity index (χ4v) is 12.9. The standard InChI is InChI=1S/C58H62N8O6S/c1-35-40(42-23-25-50(60-53(42)57(70)71)66-33-29-37-11-7-14-43(46(37)34-66)55(68)62-58-59-47-16-3-4-18-49(47)73-58)12-9-17-48(35)72-39-21-19-36(20-22-39)10-5-6-30-65-31-27-38(28-32-65)41-13-8-15-44-52(63-64(2)54(41)44)45-24-26-51(67)61-56(45)69/h3-4,7-9,11-18,23,25,36,38-39,45H,5-6,10,19-22,24,26-34H2,1-2H3,(H,70,71)(H,59,62,68)(H,61,67,69). The Balaban J connectivity index is 0.657. The number of likely N-dealkylation sites (tertiary alicyclic amines) is 1. The van der Waals surface area contributed by atoms with E-state index in [1.165, 1.54) is 36.2 Å². The topological polar surface area (TPSA) is 172 Å². The Morgan fingerprint density at radius 1 is 0.836 bits per heavy atom. The van der Waals surface area contributed by atoms with E-state index in [0.717, 1.165) is 113 Å². The van der Waals surface area contributed by atoms with Crippen LogP contribution in [0, 0.1) is 12.8 Å². The smallest absolute Gasteiger partial charge is 0.355 e. The first-order chi connectivity index (χ1) is 35.5. The zero-order chi connectivity index (χ0) is 50.2. The van der Waals surface area contributed by atoms with Crippen LogP contribution in [0.5, 0.6) is 5.75 Å². The minimum Gasteiger partial charge on any atom is -0.490 e. The van der Waals surface area contributed by atoms with Crippen molar-refractivity contribution in [3.05, 3.63) is 130 Å². The van der Waals surface area contributed by atoms with Crippen LogP contribution in [0.3, 0.4) is 0 Å². The number of para-hydroxylation sites is 2. The molecule has 3 aliphatic heterocycles. The van der Waals surface area contributed by atoms with Gasteiger partial charge in [-0.2, -0.15) is 5.10 Å². The van der Waals surface area contributed by atoms with Crippen LogP contribution in [-0.2, 0) is 29.6 Å². The third-order valence-electron chi connectivity index (χ3n) is 16.0. The molecule has 6 heterocycles. The van der Waals surface area contributed by atoms with Gasteiger partial charge >= 0.3 is 5.97 Å². The number of aromatic carboxylic acids is 1. The highest BCUT2D eigenvalue weighted by molar-refractivity contribution is 7.22. The predicted molar refractivity (Wildman–Crippen MR) is 285 cm³/mol. The van der Waals surface area contributed by atoms with Crippen LogP contribution >= 0.6 is 11.3 Å². The summed E-state index contributed by atoms with van der Waals surface area (Å²) in [5.41, 5.74) is 8.82. The molecule has 0 spiro atoms. The summed E-state index contributed by atoms with van der Waals surface area (Å²) in [6.45, 7) is 6.33. The Kier molecular flexibility index (Phi) is 13.8. The summed E-state index contributed by atoms with van der Waals surface area (Å²) in [4.78, 5) is 65.1. The fraction of sp³-hybridized carbons (Fsp3) is 0.397. The molecule has 1 saturated carbocycles. The van der Waals surface area contributed by atoms with Crippen molar-refractivity contribution in [3.63, 3.8) is 0 Å². The second kappa shape index (κ2) is 20.9. The molecule has 1 atom stereocenters. The summed E-state index contributed by atoms with van der Waals surface area (Å²) >= 11 is 1.44. The van der Waals surface area contributed by atoms with Crippen molar-refractivity contribution in [1.82, 2.24) is 30.0 Å². The number of amides is 3. The molecule has 3 amide bonds. The summed E-state index contributed by atoms with van der Waals surface area (Å²) in [7, 11) is 1.97. The van der Waals surface area contributed by atoms with E-state index < -0.39 is 11.9 Å². The number of carboxylic acids is 1. The maximum atomic E-state index is 13.7. The Labute approximate surface area is 429 Å². The van der Waals surface area contributed by atoms with E-state index in [-0.39, 0.29) is 29.5 Å². The quantitative estimate of drug-likeness (QED) is 0.0699. The molecule has 73 heavy (non-hydrogen) atoms. The van der Waals surface area contributed by atoms with Crippen molar-refractivity contribution < 1.29 is 29.0 Å². The van der Waals surface area contributed by atoms with E-state index in [9.17, 15) is 24.3 Å². The van der Waals surface area contributed by atoms with Gasteiger partial charge in [-0.25, -0.2) is 14.8 Å². The number of fused-ring (bicyclic) bond motifs is 3. The number of pyridine rings is 1. The van der Waals surface area contributed by atoms with Crippen molar-refractivity contribution in [2.75, 3.05) is 36.4 Å². The summed E-state index contributed by atoms with van der Waals surface area (Å²) in [6, 6.07) is 29.6. The van der Waals surface area contributed by atoms with E-state index in [2.05, 4.69) is 49.7 Å². The molecule has 15 heteroatoms. The van der Waals surface area contributed by atoms with Crippen LogP contribution in [0.4, 0.5) is 10.9 Å². The molecule has 11 rings (SSSR count). The maximum absolute atomic E-state index is 13.7. The molecular weight excluding hydrogens is 937 g/mol. The number of anilines is 2. The summed E-state index contributed by atoms with van der Waals surface area (Å²) in [5.74, 6) is 0.306. The van der Waals surface area contributed by atoms with E-state index in [1.54, 1.807) is 0 Å². The number of aryl methyl sites for hydroxylation is 1. The number of aromatic nitrogens is 4. The molecule has 0 radical (unpaired) electrons. The number of ether oxygens (including phenoxy) is 1. The van der Waals surface area contributed by atoms with Crippen LogP contribution in [0.2, 0.25) is 0 Å². The zero-order valence-corrected chi connectivity index (χ0v) is 42.4. The van der Waals surface area contributed by atoms with Crippen LogP contribution < -0.4 is 20.3 Å². The van der Waals surface area contributed by atoms with Crippen molar-refractivity contribution in [3.8, 4) is 16.9 Å². The molecule has 3 aromatic heterocycles. The second-order valence-electron chi connectivity index (χ2n) is 20.5. The van der Waals surface area contributed by atoms with Gasteiger partial charge in [-0.15, -0.1) is 0 Å². The Morgan fingerprint density at radius 3 is 2.45 bits per heavy atom.